The summed E-state index contributed by atoms with van der Waals surface area (Å²) in [5.41, 5.74) is 3.97. The maximum atomic E-state index is 12.3. The molecule has 1 unspecified atom stereocenters. The highest BCUT2D eigenvalue weighted by Gasteiger charge is 2.36. The Labute approximate surface area is 193 Å². The van der Waals surface area contributed by atoms with E-state index in [1.54, 1.807) is 12.1 Å². The van der Waals surface area contributed by atoms with Crippen LogP contribution in [0.25, 0.3) is 22.2 Å². The van der Waals surface area contributed by atoms with Gasteiger partial charge in [0, 0.05) is 29.6 Å². The fourth-order valence-corrected chi connectivity index (χ4v) is 5.98. The Bertz CT molecular complexity index is 1360. The van der Waals surface area contributed by atoms with Crippen molar-refractivity contribution in [3.63, 3.8) is 0 Å². The minimum absolute atomic E-state index is 0.0636. The van der Waals surface area contributed by atoms with Crippen molar-refractivity contribution in [3.05, 3.63) is 48.0 Å². The van der Waals surface area contributed by atoms with Crippen molar-refractivity contribution in [2.45, 2.75) is 49.5 Å². The van der Waals surface area contributed by atoms with E-state index in [0.717, 1.165) is 66.6 Å². The second kappa shape index (κ2) is 7.79. The number of benzene rings is 2. The summed E-state index contributed by atoms with van der Waals surface area (Å²) in [6.07, 6.45) is 4.53. The molecule has 3 aromatic rings. The minimum atomic E-state index is -3.31. The second-order valence-corrected chi connectivity index (χ2v) is 11.1. The van der Waals surface area contributed by atoms with Crippen LogP contribution >= 0.6 is 0 Å². The van der Waals surface area contributed by atoms with Gasteiger partial charge >= 0.3 is 0 Å². The number of sulfonamides is 1. The van der Waals surface area contributed by atoms with Gasteiger partial charge in [-0.3, -0.25) is 4.72 Å². The molecule has 1 aliphatic heterocycles. The van der Waals surface area contributed by atoms with Gasteiger partial charge in [-0.1, -0.05) is 12.1 Å². The van der Waals surface area contributed by atoms with Crippen molar-refractivity contribution in [1.82, 2.24) is 4.57 Å². The van der Waals surface area contributed by atoms with Crippen LogP contribution in [0.15, 0.2) is 42.5 Å². The zero-order valence-electron chi connectivity index (χ0n) is 18.2. The zero-order chi connectivity index (χ0) is 22.6. The first-order chi connectivity index (χ1) is 16.0. The topological polar surface area (TPSA) is 93.4 Å². The van der Waals surface area contributed by atoms with Gasteiger partial charge in [0.15, 0.2) is 0 Å². The standard InChI is InChI=1S/C25H25N3O4S/c26-14-23-22-10-7-19(32-20-11-12-31-15-20)13-24(22)28(18-5-6-18)25(23)16-1-3-17(4-2-16)27-33(29,30)21-8-9-21/h1-4,7,10,13,18,20-21,27H,5-6,8-9,11-12,15H2. The summed E-state index contributed by atoms with van der Waals surface area (Å²) >= 11 is 0. The van der Waals surface area contributed by atoms with Gasteiger partial charge < -0.3 is 14.0 Å². The Kier molecular flexibility index (Phi) is 4.86. The van der Waals surface area contributed by atoms with Crippen molar-refractivity contribution in [2.24, 2.45) is 0 Å². The minimum Gasteiger partial charge on any atom is -0.488 e. The molecule has 0 amide bonds. The Morgan fingerprint density at radius 1 is 1.06 bits per heavy atom. The molecule has 2 aliphatic carbocycles. The van der Waals surface area contributed by atoms with E-state index < -0.39 is 10.0 Å². The number of nitrogens with zero attached hydrogens (tertiary/aromatic N) is 2. The highest BCUT2D eigenvalue weighted by atomic mass is 32.2. The summed E-state index contributed by atoms with van der Waals surface area (Å²) in [5.74, 6) is 0.790. The van der Waals surface area contributed by atoms with Crippen LogP contribution in [0.2, 0.25) is 0 Å². The summed E-state index contributed by atoms with van der Waals surface area (Å²) < 4.78 is 41.0. The lowest BCUT2D eigenvalue weighted by Crippen LogP contribution is -2.17. The van der Waals surface area contributed by atoms with Crippen LogP contribution in [0.3, 0.4) is 0 Å². The number of fused-ring (bicyclic) bond motifs is 1. The molecule has 0 radical (unpaired) electrons. The second-order valence-electron chi connectivity index (χ2n) is 9.14. The molecule has 3 fully saturated rings. The van der Waals surface area contributed by atoms with E-state index in [0.29, 0.717) is 23.9 Å². The summed E-state index contributed by atoms with van der Waals surface area (Å²) in [7, 11) is -3.31. The molecule has 0 bridgehead atoms. The number of nitrogens with one attached hydrogen (secondary N) is 1. The molecular weight excluding hydrogens is 438 g/mol. The normalized spacial score (nSPS) is 20.6. The van der Waals surface area contributed by atoms with E-state index in [1.165, 1.54) is 0 Å². The largest absolute Gasteiger partial charge is 0.488 e. The first-order valence-electron chi connectivity index (χ1n) is 11.5. The number of hydrogen-bond donors (Lipinski definition) is 1. The predicted octanol–water partition coefficient (Wildman–Crippen LogP) is 4.59. The van der Waals surface area contributed by atoms with E-state index in [2.05, 4.69) is 15.4 Å². The molecule has 170 valence electrons. The monoisotopic (exact) mass is 463 g/mol. The molecule has 1 aromatic heterocycles. The van der Waals surface area contributed by atoms with Crippen LogP contribution in [-0.2, 0) is 14.8 Å². The number of rotatable bonds is 7. The average Bonchev–Trinajstić information content (AvgIpc) is 3.74. The SMILES string of the molecule is N#Cc1c(-c2ccc(NS(=O)(=O)C3CC3)cc2)n(C2CC2)c2cc(OC3CCOC3)ccc12. The van der Waals surface area contributed by atoms with Crippen molar-refractivity contribution in [3.8, 4) is 23.1 Å². The lowest BCUT2D eigenvalue weighted by Gasteiger charge is -2.14. The summed E-state index contributed by atoms with van der Waals surface area (Å²) in [5, 5.41) is 10.7. The zero-order valence-corrected chi connectivity index (χ0v) is 19.0. The maximum Gasteiger partial charge on any atom is 0.235 e. The van der Waals surface area contributed by atoms with Gasteiger partial charge in [-0.15, -0.1) is 0 Å². The first kappa shape index (κ1) is 20.6. The van der Waals surface area contributed by atoms with E-state index in [4.69, 9.17) is 9.47 Å². The fraction of sp³-hybridized carbons (Fsp3) is 0.400. The smallest absolute Gasteiger partial charge is 0.235 e. The molecule has 33 heavy (non-hydrogen) atoms. The molecule has 2 saturated carbocycles. The van der Waals surface area contributed by atoms with Crippen LogP contribution in [0, 0.1) is 11.3 Å². The molecule has 0 spiro atoms. The van der Waals surface area contributed by atoms with Gasteiger partial charge in [0.25, 0.3) is 0 Å². The average molecular weight is 464 g/mol. The van der Waals surface area contributed by atoms with E-state index in [9.17, 15) is 13.7 Å². The summed E-state index contributed by atoms with van der Waals surface area (Å²) in [6.45, 7) is 1.33. The Balaban J connectivity index is 1.39. The van der Waals surface area contributed by atoms with Crippen LogP contribution in [0.5, 0.6) is 5.75 Å². The molecule has 2 heterocycles. The number of nitriles is 1. The molecule has 1 atom stereocenters. The first-order valence-corrected chi connectivity index (χ1v) is 13.0. The molecule has 1 N–H and O–H groups in total. The summed E-state index contributed by atoms with van der Waals surface area (Å²) in [6, 6.07) is 16.0. The van der Waals surface area contributed by atoms with Crippen LogP contribution < -0.4 is 9.46 Å². The van der Waals surface area contributed by atoms with Gasteiger partial charge in [0.1, 0.15) is 17.9 Å². The molecule has 1 saturated heterocycles. The lowest BCUT2D eigenvalue weighted by molar-refractivity contribution is 0.141. The van der Waals surface area contributed by atoms with Crippen molar-refractivity contribution in [2.75, 3.05) is 17.9 Å². The Morgan fingerprint density at radius 2 is 1.85 bits per heavy atom. The third kappa shape index (κ3) is 3.85. The number of aromatic nitrogens is 1. The molecule has 6 rings (SSSR count). The fourth-order valence-electron chi connectivity index (χ4n) is 4.59. The summed E-state index contributed by atoms with van der Waals surface area (Å²) in [4.78, 5) is 0. The van der Waals surface area contributed by atoms with Crippen molar-refractivity contribution < 1.29 is 17.9 Å². The van der Waals surface area contributed by atoms with Gasteiger partial charge in [-0.25, -0.2) is 8.42 Å². The highest BCUT2D eigenvalue weighted by molar-refractivity contribution is 7.93. The van der Waals surface area contributed by atoms with E-state index in [-0.39, 0.29) is 11.4 Å². The Morgan fingerprint density at radius 3 is 2.48 bits per heavy atom. The van der Waals surface area contributed by atoms with Crippen LogP contribution in [-0.4, -0.2) is 37.6 Å². The highest BCUT2D eigenvalue weighted by Crippen LogP contribution is 2.45. The lowest BCUT2D eigenvalue weighted by atomic mass is 10.1. The molecular formula is C25H25N3O4S. The third-order valence-electron chi connectivity index (χ3n) is 6.57. The van der Waals surface area contributed by atoms with Crippen molar-refractivity contribution >= 4 is 26.6 Å². The van der Waals surface area contributed by atoms with Gasteiger partial charge in [0.05, 0.1) is 35.2 Å². The third-order valence-corrected chi connectivity index (χ3v) is 8.44. The maximum absolute atomic E-state index is 12.3. The van der Waals surface area contributed by atoms with Gasteiger partial charge in [-0.05, 0) is 55.5 Å². The molecule has 3 aliphatic rings. The molecule has 8 heteroatoms. The Hall–Kier alpha value is -3.02. The van der Waals surface area contributed by atoms with Crippen LogP contribution in [0.1, 0.15) is 43.7 Å². The van der Waals surface area contributed by atoms with Gasteiger partial charge in [0.2, 0.25) is 10.0 Å². The van der Waals surface area contributed by atoms with E-state index in [1.807, 2.05) is 30.3 Å². The van der Waals surface area contributed by atoms with E-state index >= 15 is 0 Å². The number of ether oxygens (including phenoxy) is 2. The van der Waals surface area contributed by atoms with Crippen molar-refractivity contribution in [1.29, 1.82) is 5.26 Å². The number of anilines is 1. The van der Waals surface area contributed by atoms with Gasteiger partial charge in [-0.2, -0.15) is 5.26 Å². The van der Waals surface area contributed by atoms with Crippen LogP contribution in [0.4, 0.5) is 5.69 Å². The predicted molar refractivity (Wildman–Crippen MR) is 126 cm³/mol. The number of hydrogen-bond acceptors (Lipinski definition) is 5. The molecule has 7 nitrogen and oxygen atoms in total. The molecule has 2 aromatic carbocycles. The quantitative estimate of drug-likeness (QED) is 0.553.